The van der Waals surface area contributed by atoms with E-state index in [4.69, 9.17) is 4.74 Å². The molecule has 3 aliphatic rings. The molecular formula is C25H27N3O4. The molecule has 7 nitrogen and oxygen atoms in total. The molecule has 1 atom stereocenters. The molecule has 2 aromatic rings. The zero-order chi connectivity index (χ0) is 22.2. The minimum absolute atomic E-state index is 0.0651. The molecule has 0 spiro atoms. The summed E-state index contributed by atoms with van der Waals surface area (Å²) in [6.45, 7) is 1.09. The molecule has 2 fully saturated rings. The number of hydrogen-bond acceptors (Lipinski definition) is 4. The van der Waals surface area contributed by atoms with Gasteiger partial charge in [0.2, 0.25) is 11.8 Å². The lowest BCUT2D eigenvalue weighted by atomic mass is 10.0. The number of rotatable bonds is 3. The molecule has 0 aromatic heterocycles. The Bertz CT molecular complexity index is 1060. The van der Waals surface area contributed by atoms with Gasteiger partial charge in [0.1, 0.15) is 11.8 Å². The molecule has 1 aliphatic carbocycles. The van der Waals surface area contributed by atoms with E-state index < -0.39 is 6.04 Å². The molecule has 0 bridgehead atoms. The van der Waals surface area contributed by atoms with Crippen LogP contribution in [-0.4, -0.2) is 60.3 Å². The number of hydrogen-bond donors (Lipinski definition) is 1. The topological polar surface area (TPSA) is 79.0 Å². The quantitative estimate of drug-likeness (QED) is 0.807. The lowest BCUT2D eigenvalue weighted by Crippen LogP contribution is -2.60. The Labute approximate surface area is 187 Å². The zero-order valence-corrected chi connectivity index (χ0v) is 18.2. The molecule has 166 valence electrons. The summed E-state index contributed by atoms with van der Waals surface area (Å²) in [6, 6.07) is 12.5. The van der Waals surface area contributed by atoms with E-state index in [1.165, 1.54) is 0 Å². The van der Waals surface area contributed by atoms with Gasteiger partial charge in [-0.15, -0.1) is 0 Å². The first-order chi connectivity index (χ1) is 15.5. The third-order valence-electron chi connectivity index (χ3n) is 6.89. The highest BCUT2D eigenvalue weighted by atomic mass is 16.5. The fourth-order valence-electron chi connectivity index (χ4n) is 5.05. The number of fused-ring (bicyclic) bond motifs is 2. The van der Waals surface area contributed by atoms with E-state index in [1.807, 2.05) is 36.4 Å². The van der Waals surface area contributed by atoms with Crippen molar-refractivity contribution in [3.05, 3.63) is 48.0 Å². The van der Waals surface area contributed by atoms with Gasteiger partial charge >= 0.3 is 0 Å². The highest BCUT2D eigenvalue weighted by Gasteiger charge is 2.41. The van der Waals surface area contributed by atoms with Gasteiger partial charge < -0.3 is 19.9 Å². The monoisotopic (exact) mass is 433 g/mol. The predicted molar refractivity (Wildman–Crippen MR) is 120 cm³/mol. The molecule has 2 aromatic carbocycles. The number of methoxy groups -OCH3 is 1. The summed E-state index contributed by atoms with van der Waals surface area (Å²) < 4.78 is 5.22. The van der Waals surface area contributed by atoms with Crippen LogP contribution >= 0.6 is 0 Å². The molecular weight excluding hydrogens is 406 g/mol. The second-order valence-corrected chi connectivity index (χ2v) is 8.76. The first-order valence-corrected chi connectivity index (χ1v) is 11.2. The van der Waals surface area contributed by atoms with Gasteiger partial charge in [-0.2, -0.15) is 0 Å². The summed E-state index contributed by atoms with van der Waals surface area (Å²) >= 11 is 0. The maximum atomic E-state index is 13.4. The van der Waals surface area contributed by atoms with E-state index >= 15 is 0 Å². The van der Waals surface area contributed by atoms with Crippen molar-refractivity contribution < 1.29 is 19.1 Å². The molecule has 2 aliphatic heterocycles. The third-order valence-corrected chi connectivity index (χ3v) is 6.89. The summed E-state index contributed by atoms with van der Waals surface area (Å²) in [5.41, 5.74) is 2.84. The number of carbonyl (C=O) groups excluding carboxylic acids is 3. The van der Waals surface area contributed by atoms with E-state index in [9.17, 15) is 14.4 Å². The molecule has 1 unspecified atom stereocenters. The maximum Gasteiger partial charge on any atom is 0.256 e. The van der Waals surface area contributed by atoms with Crippen molar-refractivity contribution in [1.82, 2.24) is 9.80 Å². The van der Waals surface area contributed by atoms with E-state index in [2.05, 4.69) is 5.32 Å². The molecule has 2 heterocycles. The SMILES string of the molecule is COc1ccc(-c2ccc3c(c2)C(=O)N2CCN(C(=O)C4CCCC4)CC2C(=O)N3)cc1. The first kappa shape index (κ1) is 20.5. The van der Waals surface area contributed by atoms with Crippen molar-refractivity contribution in [2.24, 2.45) is 5.92 Å². The average Bonchev–Trinajstić information content (AvgIpc) is 3.35. The van der Waals surface area contributed by atoms with Gasteiger partial charge in [-0.05, 0) is 48.2 Å². The fourth-order valence-corrected chi connectivity index (χ4v) is 5.05. The van der Waals surface area contributed by atoms with Crippen LogP contribution in [0.1, 0.15) is 36.0 Å². The minimum atomic E-state index is -0.668. The Hall–Kier alpha value is -3.35. The first-order valence-electron chi connectivity index (χ1n) is 11.2. The van der Waals surface area contributed by atoms with Crippen LogP contribution in [0, 0.1) is 5.92 Å². The Balaban J connectivity index is 1.40. The van der Waals surface area contributed by atoms with Crippen LogP contribution in [0.2, 0.25) is 0 Å². The van der Waals surface area contributed by atoms with E-state index in [1.54, 1.807) is 23.0 Å². The van der Waals surface area contributed by atoms with Crippen LogP contribution in [0.3, 0.4) is 0 Å². The highest BCUT2D eigenvalue weighted by molar-refractivity contribution is 6.10. The highest BCUT2D eigenvalue weighted by Crippen LogP contribution is 2.32. The van der Waals surface area contributed by atoms with Crippen LogP contribution in [0.15, 0.2) is 42.5 Å². The van der Waals surface area contributed by atoms with Crippen LogP contribution < -0.4 is 10.1 Å². The smallest absolute Gasteiger partial charge is 0.256 e. The third kappa shape index (κ3) is 3.61. The standard InChI is InChI=1S/C25H27N3O4/c1-32-19-9-6-16(7-10-19)18-8-11-21-20(14-18)25(31)28-13-12-27(15-22(28)23(29)26-21)24(30)17-4-2-3-5-17/h6-11,14,17,22H,2-5,12-13,15H2,1H3,(H,26,29). The van der Waals surface area contributed by atoms with E-state index in [0.29, 0.717) is 24.3 Å². The Kier molecular flexibility index (Phi) is 5.33. The second kappa shape index (κ2) is 8.30. The molecule has 1 saturated heterocycles. The number of piperazine rings is 1. The van der Waals surface area contributed by atoms with E-state index in [0.717, 1.165) is 42.6 Å². The van der Waals surface area contributed by atoms with Gasteiger partial charge in [0, 0.05) is 19.0 Å². The normalized spacial score (nSPS) is 21.0. The van der Waals surface area contributed by atoms with E-state index in [-0.39, 0.29) is 30.2 Å². The Morgan fingerprint density at radius 1 is 1.00 bits per heavy atom. The zero-order valence-electron chi connectivity index (χ0n) is 18.2. The van der Waals surface area contributed by atoms with Crippen LogP contribution in [0.5, 0.6) is 5.75 Å². The average molecular weight is 434 g/mol. The Morgan fingerprint density at radius 2 is 1.72 bits per heavy atom. The van der Waals surface area contributed by atoms with Gasteiger partial charge in [0.15, 0.2) is 0 Å². The molecule has 0 radical (unpaired) electrons. The van der Waals surface area contributed by atoms with Crippen LogP contribution in [0.25, 0.3) is 11.1 Å². The van der Waals surface area contributed by atoms with Gasteiger partial charge in [0.25, 0.3) is 5.91 Å². The molecule has 1 saturated carbocycles. The molecule has 7 heteroatoms. The molecule has 32 heavy (non-hydrogen) atoms. The van der Waals surface area contributed by atoms with Crippen LogP contribution in [0.4, 0.5) is 5.69 Å². The summed E-state index contributed by atoms with van der Waals surface area (Å²) in [5, 5.41) is 2.92. The van der Waals surface area contributed by atoms with Crippen molar-refractivity contribution >= 4 is 23.4 Å². The second-order valence-electron chi connectivity index (χ2n) is 8.76. The number of nitrogens with one attached hydrogen (secondary N) is 1. The van der Waals surface area contributed by atoms with Crippen molar-refractivity contribution in [3.63, 3.8) is 0 Å². The number of nitrogens with zero attached hydrogens (tertiary/aromatic N) is 2. The van der Waals surface area contributed by atoms with Gasteiger partial charge in [-0.25, -0.2) is 0 Å². The summed E-state index contributed by atoms with van der Waals surface area (Å²) in [7, 11) is 1.62. The lowest BCUT2D eigenvalue weighted by molar-refractivity contribution is -0.139. The summed E-state index contributed by atoms with van der Waals surface area (Å²) in [5.74, 6) is 0.547. The number of ether oxygens (including phenoxy) is 1. The van der Waals surface area contributed by atoms with Crippen molar-refractivity contribution in [2.45, 2.75) is 31.7 Å². The van der Waals surface area contributed by atoms with Crippen molar-refractivity contribution in [3.8, 4) is 16.9 Å². The number of benzene rings is 2. The predicted octanol–water partition coefficient (Wildman–Crippen LogP) is 3.16. The van der Waals surface area contributed by atoms with Gasteiger partial charge in [0.05, 0.1) is 24.9 Å². The lowest BCUT2D eigenvalue weighted by Gasteiger charge is -2.40. The number of anilines is 1. The minimum Gasteiger partial charge on any atom is -0.497 e. The molecule has 3 amide bonds. The van der Waals surface area contributed by atoms with Crippen LogP contribution in [-0.2, 0) is 9.59 Å². The van der Waals surface area contributed by atoms with Gasteiger partial charge in [-0.1, -0.05) is 31.0 Å². The number of carbonyl (C=O) groups is 3. The maximum absolute atomic E-state index is 13.4. The van der Waals surface area contributed by atoms with Gasteiger partial charge in [-0.3, -0.25) is 14.4 Å². The van der Waals surface area contributed by atoms with Crippen molar-refractivity contribution in [1.29, 1.82) is 0 Å². The largest absolute Gasteiger partial charge is 0.497 e. The molecule has 1 N–H and O–H groups in total. The number of amides is 3. The fraction of sp³-hybridized carbons (Fsp3) is 0.400. The summed E-state index contributed by atoms with van der Waals surface area (Å²) in [4.78, 5) is 42.8. The molecule has 5 rings (SSSR count). The van der Waals surface area contributed by atoms with Crippen molar-refractivity contribution in [2.75, 3.05) is 32.1 Å². The summed E-state index contributed by atoms with van der Waals surface area (Å²) in [6.07, 6.45) is 4.03. The Morgan fingerprint density at radius 3 is 2.44 bits per heavy atom.